The van der Waals surface area contributed by atoms with Crippen molar-refractivity contribution in [3.8, 4) is 0 Å². The van der Waals surface area contributed by atoms with Gasteiger partial charge >= 0.3 is 5.97 Å². The summed E-state index contributed by atoms with van der Waals surface area (Å²) in [5, 5.41) is 9.47. The number of aryl methyl sites for hydroxylation is 1. The average Bonchev–Trinajstić information content (AvgIpc) is 2.47. The molecule has 1 atom stereocenters. The molecule has 0 heterocycles. The fourth-order valence-electron chi connectivity index (χ4n) is 1.84. The van der Waals surface area contributed by atoms with Crippen molar-refractivity contribution >= 4 is 17.7 Å². The number of rotatable bonds is 5. The lowest BCUT2D eigenvalue weighted by Gasteiger charge is -2.24. The summed E-state index contributed by atoms with van der Waals surface area (Å²) in [6, 6.07) is 16.9. The van der Waals surface area contributed by atoms with Gasteiger partial charge in [0.2, 0.25) is 0 Å². The molecule has 0 aromatic heterocycles. The molecule has 0 spiro atoms. The summed E-state index contributed by atoms with van der Waals surface area (Å²) >= 11 is 1.45. The van der Waals surface area contributed by atoms with Gasteiger partial charge in [-0.05, 0) is 24.6 Å². The minimum atomic E-state index is -1.38. The van der Waals surface area contributed by atoms with Crippen molar-refractivity contribution < 1.29 is 9.90 Å². The van der Waals surface area contributed by atoms with Gasteiger partial charge in [0, 0.05) is 10.6 Å². The number of benzene rings is 2. The van der Waals surface area contributed by atoms with Crippen LogP contribution in [0.5, 0.6) is 0 Å². The quantitative estimate of drug-likeness (QED) is 0.830. The smallest absolute Gasteiger partial charge is 0.329 e. The molecule has 20 heavy (non-hydrogen) atoms. The summed E-state index contributed by atoms with van der Waals surface area (Å²) in [5.74, 6) is -0.724. The Morgan fingerprint density at radius 3 is 2.30 bits per heavy atom. The van der Waals surface area contributed by atoms with Gasteiger partial charge in [-0.1, -0.05) is 48.0 Å². The molecule has 0 radical (unpaired) electrons. The van der Waals surface area contributed by atoms with Gasteiger partial charge in [0.1, 0.15) is 5.54 Å². The number of carboxylic acids is 1. The maximum atomic E-state index is 11.6. The zero-order valence-corrected chi connectivity index (χ0v) is 12.1. The zero-order valence-electron chi connectivity index (χ0n) is 11.2. The van der Waals surface area contributed by atoms with Gasteiger partial charge in [0.15, 0.2) is 0 Å². The van der Waals surface area contributed by atoms with Crippen LogP contribution in [0.1, 0.15) is 11.1 Å². The molecule has 0 saturated heterocycles. The lowest BCUT2D eigenvalue weighted by atomic mass is 9.93. The number of aliphatic carboxylic acids is 1. The van der Waals surface area contributed by atoms with E-state index in [9.17, 15) is 9.90 Å². The van der Waals surface area contributed by atoms with Crippen LogP contribution in [-0.2, 0) is 10.3 Å². The minimum Gasteiger partial charge on any atom is -0.480 e. The molecule has 2 aromatic carbocycles. The topological polar surface area (TPSA) is 63.3 Å². The number of hydrogen-bond donors (Lipinski definition) is 2. The molecule has 4 heteroatoms. The Hall–Kier alpha value is -1.78. The Morgan fingerprint density at radius 1 is 1.15 bits per heavy atom. The highest BCUT2D eigenvalue weighted by Gasteiger charge is 2.35. The molecule has 0 amide bonds. The molecule has 2 aromatic rings. The summed E-state index contributed by atoms with van der Waals surface area (Å²) < 4.78 is 0. The maximum absolute atomic E-state index is 11.6. The van der Waals surface area contributed by atoms with Gasteiger partial charge in [0.05, 0.1) is 0 Å². The molecule has 0 fully saturated rings. The molecule has 0 aliphatic heterocycles. The SMILES string of the molecule is Cc1ccc(SCC(N)(C(=O)O)c2ccccc2)cc1. The fraction of sp³-hybridized carbons (Fsp3) is 0.188. The number of nitrogens with two attached hydrogens (primary N) is 1. The van der Waals surface area contributed by atoms with Crippen LogP contribution in [0.3, 0.4) is 0 Å². The fourth-order valence-corrected chi connectivity index (χ4v) is 2.85. The maximum Gasteiger partial charge on any atom is 0.329 e. The van der Waals surface area contributed by atoms with Crippen LogP contribution < -0.4 is 5.73 Å². The van der Waals surface area contributed by atoms with Crippen LogP contribution in [0.15, 0.2) is 59.5 Å². The Morgan fingerprint density at radius 2 is 1.75 bits per heavy atom. The molecule has 3 nitrogen and oxygen atoms in total. The largest absolute Gasteiger partial charge is 0.480 e. The number of carboxylic acid groups (broad SMARTS) is 1. The van der Waals surface area contributed by atoms with Gasteiger partial charge in [0.25, 0.3) is 0 Å². The van der Waals surface area contributed by atoms with Crippen LogP contribution in [-0.4, -0.2) is 16.8 Å². The zero-order chi connectivity index (χ0) is 14.6. The molecule has 0 aliphatic carbocycles. The third-order valence-electron chi connectivity index (χ3n) is 3.16. The van der Waals surface area contributed by atoms with Crippen molar-refractivity contribution in [3.05, 3.63) is 65.7 Å². The van der Waals surface area contributed by atoms with Crippen LogP contribution in [0, 0.1) is 6.92 Å². The van der Waals surface area contributed by atoms with Gasteiger partial charge in [-0.15, -0.1) is 11.8 Å². The van der Waals surface area contributed by atoms with E-state index in [2.05, 4.69) is 0 Å². The van der Waals surface area contributed by atoms with Crippen molar-refractivity contribution in [2.75, 3.05) is 5.75 Å². The molecule has 3 N–H and O–H groups in total. The Kier molecular flexibility index (Phi) is 4.47. The summed E-state index contributed by atoms with van der Waals surface area (Å²) in [6.07, 6.45) is 0. The molecule has 104 valence electrons. The molecule has 0 saturated carbocycles. The second-order valence-electron chi connectivity index (χ2n) is 4.74. The lowest BCUT2D eigenvalue weighted by molar-refractivity contribution is -0.142. The third-order valence-corrected chi connectivity index (χ3v) is 4.36. The van der Waals surface area contributed by atoms with E-state index >= 15 is 0 Å². The summed E-state index contributed by atoms with van der Waals surface area (Å²) in [7, 11) is 0. The number of carbonyl (C=O) groups is 1. The van der Waals surface area contributed by atoms with Crippen LogP contribution >= 0.6 is 11.8 Å². The van der Waals surface area contributed by atoms with Crippen LogP contribution in [0.4, 0.5) is 0 Å². The van der Waals surface area contributed by atoms with Gasteiger partial charge in [-0.25, -0.2) is 4.79 Å². The van der Waals surface area contributed by atoms with E-state index in [-0.39, 0.29) is 5.75 Å². The monoisotopic (exact) mass is 287 g/mol. The lowest BCUT2D eigenvalue weighted by Crippen LogP contribution is -2.47. The van der Waals surface area contributed by atoms with E-state index in [1.807, 2.05) is 37.3 Å². The molecular formula is C16H17NO2S. The van der Waals surface area contributed by atoms with E-state index in [1.165, 1.54) is 17.3 Å². The third kappa shape index (κ3) is 3.21. The molecule has 2 rings (SSSR count). The first kappa shape index (κ1) is 14.6. The van der Waals surface area contributed by atoms with Crippen molar-refractivity contribution in [3.63, 3.8) is 0 Å². The number of thioether (sulfide) groups is 1. The van der Waals surface area contributed by atoms with E-state index in [0.717, 1.165) is 4.90 Å². The molecular weight excluding hydrogens is 270 g/mol. The normalized spacial score (nSPS) is 13.7. The Balaban J connectivity index is 2.18. The minimum absolute atomic E-state index is 0.287. The van der Waals surface area contributed by atoms with E-state index < -0.39 is 11.5 Å². The van der Waals surface area contributed by atoms with Gasteiger partial charge in [-0.2, -0.15) is 0 Å². The van der Waals surface area contributed by atoms with Crippen molar-refractivity contribution in [1.29, 1.82) is 0 Å². The highest BCUT2D eigenvalue weighted by atomic mass is 32.2. The first-order chi connectivity index (χ1) is 9.52. The predicted octanol–water partition coefficient (Wildman–Crippen LogP) is 3.03. The molecule has 1 unspecified atom stereocenters. The van der Waals surface area contributed by atoms with E-state index in [0.29, 0.717) is 5.56 Å². The first-order valence-corrected chi connectivity index (χ1v) is 7.28. The van der Waals surface area contributed by atoms with Gasteiger partial charge in [-0.3, -0.25) is 0 Å². The Labute approximate surface area is 122 Å². The van der Waals surface area contributed by atoms with Gasteiger partial charge < -0.3 is 10.8 Å². The van der Waals surface area contributed by atoms with E-state index in [4.69, 9.17) is 5.73 Å². The second kappa shape index (κ2) is 6.11. The van der Waals surface area contributed by atoms with Crippen LogP contribution in [0.25, 0.3) is 0 Å². The summed E-state index contributed by atoms with van der Waals surface area (Å²) in [4.78, 5) is 12.6. The first-order valence-electron chi connectivity index (χ1n) is 6.29. The highest BCUT2D eigenvalue weighted by Crippen LogP contribution is 2.28. The van der Waals surface area contributed by atoms with Crippen molar-refractivity contribution in [1.82, 2.24) is 0 Å². The standard InChI is InChI=1S/C16H17NO2S/c1-12-7-9-14(10-8-12)20-11-16(17,15(18)19)13-5-3-2-4-6-13/h2-10H,11,17H2,1H3,(H,18,19). The van der Waals surface area contributed by atoms with Crippen molar-refractivity contribution in [2.24, 2.45) is 5.73 Å². The summed E-state index contributed by atoms with van der Waals surface area (Å²) in [5.41, 5.74) is 6.53. The second-order valence-corrected chi connectivity index (χ2v) is 5.79. The molecule has 0 aliphatic rings. The number of hydrogen-bond acceptors (Lipinski definition) is 3. The summed E-state index contributed by atoms with van der Waals surface area (Å²) in [6.45, 7) is 2.02. The average molecular weight is 287 g/mol. The van der Waals surface area contributed by atoms with E-state index in [1.54, 1.807) is 24.3 Å². The van der Waals surface area contributed by atoms with Crippen molar-refractivity contribution in [2.45, 2.75) is 17.4 Å². The van der Waals surface area contributed by atoms with Crippen LogP contribution in [0.2, 0.25) is 0 Å². The predicted molar refractivity (Wildman–Crippen MR) is 81.8 cm³/mol. The molecule has 0 bridgehead atoms. The Bertz CT molecular complexity index is 583. The highest BCUT2D eigenvalue weighted by molar-refractivity contribution is 7.99.